The first-order valence-electron chi connectivity index (χ1n) is 7.23. The van der Waals surface area contributed by atoms with Gasteiger partial charge >= 0.3 is 18.2 Å². The van der Waals surface area contributed by atoms with E-state index in [0.29, 0.717) is 6.54 Å². The van der Waals surface area contributed by atoms with Crippen LogP contribution < -0.4 is 5.32 Å². The molecule has 2 saturated heterocycles. The number of alkyl halides is 3. The summed E-state index contributed by atoms with van der Waals surface area (Å²) >= 11 is 1.75. The summed E-state index contributed by atoms with van der Waals surface area (Å²) in [5, 5.41) is 11.8. The lowest BCUT2D eigenvalue weighted by molar-refractivity contribution is -0.187. The summed E-state index contributed by atoms with van der Waals surface area (Å²) in [6.45, 7) is -0.582. The molecule has 2 aliphatic rings. The molecule has 1 unspecified atom stereocenters. The van der Waals surface area contributed by atoms with Crippen LogP contribution in [0, 0.1) is 11.8 Å². The second-order valence-electron chi connectivity index (χ2n) is 5.67. The number of amides is 2. The summed E-state index contributed by atoms with van der Waals surface area (Å²) in [6, 6.07) is -0.607. The Bertz CT molecular complexity index is 427. The largest absolute Gasteiger partial charge is 0.481 e. The Hall–Kier alpha value is -1.12. The monoisotopic (exact) mass is 340 g/mol. The van der Waals surface area contributed by atoms with Gasteiger partial charge in [0.25, 0.3) is 0 Å². The molecule has 0 aliphatic carbocycles. The van der Waals surface area contributed by atoms with Crippen LogP contribution in [0.25, 0.3) is 0 Å². The number of likely N-dealkylation sites (tertiary alicyclic amines) is 1. The second kappa shape index (κ2) is 6.97. The van der Waals surface area contributed by atoms with E-state index >= 15 is 0 Å². The fourth-order valence-corrected chi connectivity index (χ4v) is 4.07. The maximum absolute atomic E-state index is 12.9. The molecule has 2 N–H and O–H groups in total. The van der Waals surface area contributed by atoms with Crippen LogP contribution in [-0.4, -0.2) is 58.8 Å². The quantitative estimate of drug-likeness (QED) is 0.826. The zero-order valence-corrected chi connectivity index (χ0v) is 12.8. The van der Waals surface area contributed by atoms with E-state index in [1.54, 1.807) is 11.8 Å². The smallest absolute Gasteiger partial charge is 0.394 e. The highest BCUT2D eigenvalue weighted by molar-refractivity contribution is 7.99. The molecule has 2 amide bonds. The Morgan fingerprint density at radius 3 is 2.50 bits per heavy atom. The van der Waals surface area contributed by atoms with Crippen molar-refractivity contribution in [1.82, 2.24) is 10.2 Å². The summed E-state index contributed by atoms with van der Waals surface area (Å²) in [7, 11) is 0. The van der Waals surface area contributed by atoms with Gasteiger partial charge in [0, 0.05) is 24.9 Å². The predicted octanol–water partition coefficient (Wildman–Crippen LogP) is 2.18. The highest BCUT2D eigenvalue weighted by Crippen LogP contribution is 2.37. The fraction of sp³-hybridized carbons (Fsp3) is 0.846. The van der Waals surface area contributed by atoms with Crippen LogP contribution in [-0.2, 0) is 4.79 Å². The number of nitrogens with zero attached hydrogens (tertiary/aromatic N) is 1. The number of aliphatic carboxylic acids is 1. The molecule has 3 atom stereocenters. The van der Waals surface area contributed by atoms with Gasteiger partial charge in [-0.15, -0.1) is 0 Å². The topological polar surface area (TPSA) is 69.6 Å². The van der Waals surface area contributed by atoms with Crippen molar-refractivity contribution in [3.05, 3.63) is 0 Å². The number of thioether (sulfide) groups is 1. The van der Waals surface area contributed by atoms with Crippen molar-refractivity contribution in [2.24, 2.45) is 11.8 Å². The summed E-state index contributed by atoms with van der Waals surface area (Å²) in [5.41, 5.74) is 0. The molecule has 0 spiro atoms. The van der Waals surface area contributed by atoms with Gasteiger partial charge in [-0.05, 0) is 18.6 Å². The van der Waals surface area contributed by atoms with Gasteiger partial charge in [-0.25, -0.2) is 4.79 Å². The van der Waals surface area contributed by atoms with Gasteiger partial charge in [0.05, 0.1) is 11.8 Å². The van der Waals surface area contributed by atoms with Gasteiger partial charge in [-0.1, -0.05) is 6.42 Å². The SMILES string of the molecule is O=C(O)[C@@H]1CN(C(=O)NCC2CCCCS2)C[C@H]1C(F)(F)F. The Kier molecular flexibility index (Phi) is 5.46. The highest BCUT2D eigenvalue weighted by atomic mass is 32.2. The number of halogens is 3. The number of carbonyl (C=O) groups excluding carboxylic acids is 1. The van der Waals surface area contributed by atoms with Crippen LogP contribution in [0.1, 0.15) is 19.3 Å². The Labute approximate surface area is 130 Å². The summed E-state index contributed by atoms with van der Waals surface area (Å²) in [6.07, 6.45) is -1.39. The molecule has 2 aliphatic heterocycles. The van der Waals surface area contributed by atoms with Crippen molar-refractivity contribution in [3.63, 3.8) is 0 Å². The molecule has 0 aromatic rings. The van der Waals surface area contributed by atoms with E-state index in [1.807, 2.05) is 0 Å². The molecule has 126 valence electrons. The minimum atomic E-state index is -4.61. The van der Waals surface area contributed by atoms with Gasteiger partial charge in [0.2, 0.25) is 0 Å². The molecule has 0 radical (unpaired) electrons. The third-order valence-corrected chi connectivity index (χ3v) is 5.50. The van der Waals surface area contributed by atoms with Gasteiger partial charge in [0.15, 0.2) is 0 Å². The van der Waals surface area contributed by atoms with Crippen molar-refractivity contribution < 1.29 is 27.9 Å². The van der Waals surface area contributed by atoms with E-state index in [-0.39, 0.29) is 5.25 Å². The molecule has 2 fully saturated rings. The molecule has 22 heavy (non-hydrogen) atoms. The molecule has 0 saturated carbocycles. The third kappa shape index (κ3) is 4.21. The molecule has 0 bridgehead atoms. The van der Waals surface area contributed by atoms with E-state index in [0.717, 1.165) is 29.9 Å². The van der Waals surface area contributed by atoms with E-state index in [4.69, 9.17) is 5.11 Å². The minimum Gasteiger partial charge on any atom is -0.481 e. The van der Waals surface area contributed by atoms with Crippen molar-refractivity contribution >= 4 is 23.8 Å². The molecular weight excluding hydrogens is 321 g/mol. The first kappa shape index (κ1) is 17.2. The van der Waals surface area contributed by atoms with Gasteiger partial charge in [0.1, 0.15) is 0 Å². The average Bonchev–Trinajstić information content (AvgIpc) is 2.91. The van der Waals surface area contributed by atoms with Crippen LogP contribution in [0.5, 0.6) is 0 Å². The van der Waals surface area contributed by atoms with Crippen LogP contribution in [0.3, 0.4) is 0 Å². The normalized spacial score (nSPS) is 29.4. The Balaban J connectivity index is 1.89. The van der Waals surface area contributed by atoms with Gasteiger partial charge in [-0.2, -0.15) is 24.9 Å². The average molecular weight is 340 g/mol. The highest BCUT2D eigenvalue weighted by Gasteiger charge is 2.53. The number of carbonyl (C=O) groups is 2. The maximum Gasteiger partial charge on any atom is 0.394 e. The fourth-order valence-electron chi connectivity index (χ4n) is 2.83. The zero-order chi connectivity index (χ0) is 16.3. The predicted molar refractivity (Wildman–Crippen MR) is 75.7 cm³/mol. The first-order chi connectivity index (χ1) is 10.3. The van der Waals surface area contributed by atoms with E-state index in [1.165, 1.54) is 0 Å². The molecule has 9 heteroatoms. The molecule has 0 aromatic heterocycles. The van der Waals surface area contributed by atoms with Gasteiger partial charge < -0.3 is 15.3 Å². The van der Waals surface area contributed by atoms with Crippen molar-refractivity contribution in [3.8, 4) is 0 Å². The van der Waals surface area contributed by atoms with Crippen LogP contribution in [0.2, 0.25) is 0 Å². The molecule has 2 rings (SSSR count). The number of rotatable bonds is 3. The summed E-state index contributed by atoms with van der Waals surface area (Å²) < 4.78 is 38.6. The van der Waals surface area contributed by atoms with Crippen LogP contribution in [0.15, 0.2) is 0 Å². The third-order valence-electron chi connectivity index (χ3n) is 4.10. The van der Waals surface area contributed by atoms with Crippen LogP contribution >= 0.6 is 11.8 Å². The van der Waals surface area contributed by atoms with Crippen molar-refractivity contribution in [1.29, 1.82) is 0 Å². The summed E-state index contributed by atoms with van der Waals surface area (Å²) in [4.78, 5) is 23.9. The second-order valence-corrected chi connectivity index (χ2v) is 7.08. The van der Waals surface area contributed by atoms with Crippen LogP contribution in [0.4, 0.5) is 18.0 Å². The van der Waals surface area contributed by atoms with E-state index in [9.17, 15) is 22.8 Å². The minimum absolute atomic E-state index is 0.286. The number of nitrogens with one attached hydrogen (secondary N) is 1. The molecular formula is C13H19F3N2O3S. The number of carboxylic acid groups (broad SMARTS) is 1. The Morgan fingerprint density at radius 1 is 1.27 bits per heavy atom. The lowest BCUT2D eigenvalue weighted by Crippen LogP contribution is -2.42. The number of urea groups is 1. The standard InChI is InChI=1S/C13H19F3N2O3S/c14-13(15,16)10-7-18(6-9(10)11(19)20)12(21)17-5-8-3-1-2-4-22-8/h8-10H,1-7H2,(H,17,21)(H,19,20)/t8?,9-,10-/m1/s1. The van der Waals surface area contributed by atoms with E-state index in [2.05, 4.69) is 5.32 Å². The number of hydrogen-bond donors (Lipinski definition) is 2. The van der Waals surface area contributed by atoms with E-state index < -0.39 is 43.1 Å². The molecule has 0 aromatic carbocycles. The van der Waals surface area contributed by atoms with Crippen molar-refractivity contribution in [2.45, 2.75) is 30.7 Å². The van der Waals surface area contributed by atoms with Crippen molar-refractivity contribution in [2.75, 3.05) is 25.4 Å². The lowest BCUT2D eigenvalue weighted by Gasteiger charge is -2.23. The Morgan fingerprint density at radius 2 is 2.00 bits per heavy atom. The zero-order valence-electron chi connectivity index (χ0n) is 11.9. The first-order valence-corrected chi connectivity index (χ1v) is 8.28. The number of carboxylic acids is 1. The number of hydrogen-bond acceptors (Lipinski definition) is 3. The van der Waals surface area contributed by atoms with Gasteiger partial charge in [-0.3, -0.25) is 4.79 Å². The molecule has 2 heterocycles. The summed E-state index contributed by atoms with van der Waals surface area (Å²) in [5.74, 6) is -4.07. The lowest BCUT2D eigenvalue weighted by atomic mass is 9.96. The molecule has 5 nitrogen and oxygen atoms in total. The maximum atomic E-state index is 12.9.